The number of aliphatic hydroxyl groups excluding tert-OH is 1. The lowest BCUT2D eigenvalue weighted by molar-refractivity contribution is -0.132. The predicted molar refractivity (Wildman–Crippen MR) is 168 cm³/mol. The van der Waals surface area contributed by atoms with Crippen LogP contribution in [-0.2, 0) is 15.3 Å². The Labute approximate surface area is 254 Å². The van der Waals surface area contributed by atoms with Gasteiger partial charge in [-0.15, -0.1) is 10.2 Å². The zero-order chi connectivity index (χ0) is 29.6. The molecule has 7 nitrogen and oxygen atoms in total. The third kappa shape index (κ3) is 6.42. The number of thioether (sulfide) groups is 1. The van der Waals surface area contributed by atoms with Crippen molar-refractivity contribution in [3.63, 3.8) is 0 Å². The molecule has 1 atom stereocenters. The van der Waals surface area contributed by atoms with Gasteiger partial charge in [0, 0.05) is 11.3 Å². The summed E-state index contributed by atoms with van der Waals surface area (Å²) >= 11 is 2.77. The van der Waals surface area contributed by atoms with E-state index in [1.54, 1.807) is 24.3 Å². The summed E-state index contributed by atoms with van der Waals surface area (Å²) in [7, 11) is 0. The first kappa shape index (κ1) is 29.5. The number of hydrogen-bond donors (Lipinski definition) is 1. The number of benzene rings is 3. The molecule has 1 fully saturated rings. The number of ketones is 1. The van der Waals surface area contributed by atoms with Crippen molar-refractivity contribution in [2.24, 2.45) is 0 Å². The van der Waals surface area contributed by atoms with E-state index in [2.05, 4.69) is 31.0 Å². The summed E-state index contributed by atoms with van der Waals surface area (Å²) in [5, 5.41) is 20.4. The number of amides is 1. The fourth-order valence-corrected chi connectivity index (χ4v) is 6.51. The number of ether oxygens (including phenoxy) is 1. The Balaban J connectivity index is 1.50. The molecule has 1 N–H and O–H groups in total. The van der Waals surface area contributed by atoms with Gasteiger partial charge in [0.15, 0.2) is 4.34 Å². The number of aromatic nitrogens is 2. The zero-order valence-corrected chi connectivity index (χ0v) is 25.5. The molecule has 0 bridgehead atoms. The molecule has 0 radical (unpaired) electrons. The maximum Gasteiger partial charge on any atom is 0.301 e. The smallest absolute Gasteiger partial charge is 0.301 e. The highest BCUT2D eigenvalue weighted by molar-refractivity contribution is 8.00. The van der Waals surface area contributed by atoms with Crippen LogP contribution in [0.4, 0.5) is 5.13 Å². The second kappa shape index (κ2) is 13.4. The standard InChI is InChI=1S/C33H33N3O4S2/c1-4-5-19-40-26-17-15-25(16-18-26)29(37)27-28(24-13-11-23(12-14-24)21(2)3)36(31(39)30(27)38)32-34-35-33(42-32)41-20-22-9-7-6-8-10-22/h6-18,21,28,37H,4-5,19-20H2,1-3H3/t28-/m1/s1. The fraction of sp³-hybridized carbons (Fsp3) is 0.273. The summed E-state index contributed by atoms with van der Waals surface area (Å²) in [5.74, 6) is -0.0530. The molecule has 1 aromatic heterocycles. The first-order chi connectivity index (χ1) is 20.4. The molecule has 0 spiro atoms. The number of carbonyl (C=O) groups is 2. The van der Waals surface area contributed by atoms with Gasteiger partial charge in [-0.2, -0.15) is 0 Å². The first-order valence-electron chi connectivity index (χ1n) is 14.0. The van der Waals surface area contributed by atoms with Gasteiger partial charge in [0.1, 0.15) is 11.5 Å². The Morgan fingerprint density at radius 1 is 1.00 bits per heavy atom. The van der Waals surface area contributed by atoms with E-state index in [1.807, 2.05) is 54.6 Å². The van der Waals surface area contributed by atoms with Crippen LogP contribution in [0.3, 0.4) is 0 Å². The number of anilines is 1. The van der Waals surface area contributed by atoms with Crippen LogP contribution in [0.1, 0.15) is 67.8 Å². The van der Waals surface area contributed by atoms with E-state index in [4.69, 9.17) is 4.74 Å². The van der Waals surface area contributed by atoms with E-state index in [-0.39, 0.29) is 11.3 Å². The van der Waals surface area contributed by atoms with Gasteiger partial charge in [-0.1, -0.05) is 105 Å². The highest BCUT2D eigenvalue weighted by Crippen LogP contribution is 2.44. The Kier molecular flexibility index (Phi) is 9.39. The fourth-order valence-electron chi connectivity index (χ4n) is 4.68. The van der Waals surface area contributed by atoms with E-state index < -0.39 is 17.7 Å². The van der Waals surface area contributed by atoms with Crippen molar-refractivity contribution in [2.75, 3.05) is 11.5 Å². The van der Waals surface area contributed by atoms with Crippen LogP contribution >= 0.6 is 23.1 Å². The molecule has 1 amide bonds. The molecule has 1 saturated heterocycles. The summed E-state index contributed by atoms with van der Waals surface area (Å²) < 4.78 is 6.43. The van der Waals surface area contributed by atoms with Crippen LogP contribution in [0, 0.1) is 0 Å². The Morgan fingerprint density at radius 3 is 2.38 bits per heavy atom. The van der Waals surface area contributed by atoms with Crippen LogP contribution < -0.4 is 9.64 Å². The van der Waals surface area contributed by atoms with Crippen molar-refractivity contribution >= 4 is 45.7 Å². The molecule has 0 saturated carbocycles. The largest absolute Gasteiger partial charge is 0.507 e. The summed E-state index contributed by atoms with van der Waals surface area (Å²) in [6.45, 7) is 6.91. The lowest BCUT2D eigenvalue weighted by atomic mass is 9.93. The van der Waals surface area contributed by atoms with Gasteiger partial charge in [0.05, 0.1) is 18.2 Å². The highest BCUT2D eigenvalue weighted by Gasteiger charge is 2.48. The highest BCUT2D eigenvalue weighted by atomic mass is 32.2. The minimum Gasteiger partial charge on any atom is -0.507 e. The van der Waals surface area contributed by atoms with Crippen molar-refractivity contribution < 1.29 is 19.4 Å². The van der Waals surface area contributed by atoms with Crippen LogP contribution in [0.15, 0.2) is 88.8 Å². The van der Waals surface area contributed by atoms with Gasteiger partial charge in [-0.3, -0.25) is 14.5 Å². The molecule has 5 rings (SSSR count). The minimum atomic E-state index is -0.855. The molecular weight excluding hydrogens is 567 g/mol. The topological polar surface area (TPSA) is 92.6 Å². The van der Waals surface area contributed by atoms with Gasteiger partial charge in [-0.05, 0) is 53.3 Å². The monoisotopic (exact) mass is 599 g/mol. The maximum absolute atomic E-state index is 13.5. The molecule has 0 unspecified atom stereocenters. The van der Waals surface area contributed by atoms with E-state index in [0.29, 0.717) is 44.6 Å². The second-order valence-corrected chi connectivity index (χ2v) is 12.5. The first-order valence-corrected chi connectivity index (χ1v) is 15.8. The maximum atomic E-state index is 13.5. The normalized spacial score (nSPS) is 16.4. The SMILES string of the molecule is CCCCOc1ccc(C(O)=C2C(=O)C(=O)N(c3nnc(SCc4ccccc4)s3)[C@@H]2c2ccc(C(C)C)cc2)cc1. The summed E-state index contributed by atoms with van der Waals surface area (Å²) in [6.07, 6.45) is 1.97. The number of Topliss-reactive ketones (excluding diaryl/α,β-unsaturated/α-hetero) is 1. The molecule has 1 aliphatic heterocycles. The van der Waals surface area contributed by atoms with Gasteiger partial charge < -0.3 is 9.84 Å². The number of rotatable bonds is 11. The van der Waals surface area contributed by atoms with Gasteiger partial charge in [0.25, 0.3) is 5.78 Å². The predicted octanol–water partition coefficient (Wildman–Crippen LogP) is 7.76. The molecule has 0 aliphatic carbocycles. The van der Waals surface area contributed by atoms with E-state index in [9.17, 15) is 14.7 Å². The lowest BCUT2D eigenvalue weighted by Crippen LogP contribution is -2.29. The molecular formula is C33H33N3O4S2. The summed E-state index contributed by atoms with van der Waals surface area (Å²) in [6, 6.07) is 23.9. The molecule has 3 aromatic carbocycles. The molecule has 216 valence electrons. The van der Waals surface area contributed by atoms with E-state index >= 15 is 0 Å². The lowest BCUT2D eigenvalue weighted by Gasteiger charge is -2.23. The van der Waals surface area contributed by atoms with Crippen LogP contribution in [0.5, 0.6) is 5.75 Å². The van der Waals surface area contributed by atoms with Crippen molar-refractivity contribution in [3.05, 3.63) is 107 Å². The Bertz CT molecular complexity index is 1570. The Morgan fingerprint density at radius 2 is 1.71 bits per heavy atom. The van der Waals surface area contributed by atoms with Crippen LogP contribution in [0.25, 0.3) is 5.76 Å². The number of carbonyl (C=O) groups excluding carboxylic acids is 2. The van der Waals surface area contributed by atoms with Gasteiger partial charge in [-0.25, -0.2) is 0 Å². The van der Waals surface area contributed by atoms with Crippen LogP contribution in [0.2, 0.25) is 0 Å². The number of hydrogen-bond acceptors (Lipinski definition) is 8. The van der Waals surface area contributed by atoms with Crippen molar-refractivity contribution in [3.8, 4) is 5.75 Å². The van der Waals surface area contributed by atoms with Gasteiger partial charge in [0.2, 0.25) is 5.13 Å². The second-order valence-electron chi connectivity index (χ2n) is 10.3. The van der Waals surface area contributed by atoms with Gasteiger partial charge >= 0.3 is 5.91 Å². The van der Waals surface area contributed by atoms with Crippen molar-refractivity contribution in [2.45, 2.75) is 55.7 Å². The zero-order valence-electron chi connectivity index (χ0n) is 23.8. The number of nitrogens with zero attached hydrogens (tertiary/aromatic N) is 3. The average molecular weight is 600 g/mol. The van der Waals surface area contributed by atoms with Crippen molar-refractivity contribution in [1.82, 2.24) is 10.2 Å². The quantitative estimate of drug-likeness (QED) is 0.0470. The Hall–Kier alpha value is -3.95. The molecule has 4 aromatic rings. The number of aliphatic hydroxyl groups is 1. The third-order valence-corrected chi connectivity index (χ3v) is 9.19. The molecule has 2 heterocycles. The summed E-state index contributed by atoms with van der Waals surface area (Å²) in [4.78, 5) is 28.4. The number of unbranched alkanes of at least 4 members (excludes halogenated alkanes) is 1. The third-order valence-electron chi connectivity index (χ3n) is 7.06. The molecule has 9 heteroatoms. The van der Waals surface area contributed by atoms with Crippen LogP contribution in [-0.4, -0.2) is 33.6 Å². The molecule has 42 heavy (non-hydrogen) atoms. The van der Waals surface area contributed by atoms with Crippen molar-refractivity contribution in [1.29, 1.82) is 0 Å². The van der Waals surface area contributed by atoms with E-state index in [0.717, 1.165) is 24.0 Å². The molecule has 1 aliphatic rings. The minimum absolute atomic E-state index is 0.0191. The average Bonchev–Trinajstić information content (AvgIpc) is 3.58. The summed E-state index contributed by atoms with van der Waals surface area (Å²) in [5.41, 5.74) is 3.42. The van der Waals surface area contributed by atoms with E-state index in [1.165, 1.54) is 28.0 Å².